The molecule has 0 unspecified atom stereocenters. The molecule has 150 valence electrons. The lowest BCUT2D eigenvalue weighted by molar-refractivity contribution is 0.102. The highest BCUT2D eigenvalue weighted by molar-refractivity contribution is 6.05. The topological polar surface area (TPSA) is 60.0 Å². The number of carbonyl (C=O) groups excluding carboxylic acids is 1. The average Bonchev–Trinajstić information content (AvgIpc) is 2.70. The molecule has 1 amide bonds. The maximum absolute atomic E-state index is 13.4. The van der Waals surface area contributed by atoms with E-state index in [0.717, 1.165) is 18.8 Å². The highest BCUT2D eigenvalue weighted by atomic mass is 19.1. The van der Waals surface area contributed by atoms with E-state index in [1.54, 1.807) is 12.1 Å². The highest BCUT2D eigenvalue weighted by Gasteiger charge is 2.20. The molecule has 1 saturated heterocycles. The molecule has 0 saturated carbocycles. The monoisotopic (exact) mass is 388 g/mol. The van der Waals surface area contributed by atoms with Crippen molar-refractivity contribution < 1.29 is 23.4 Å². The number of rotatable bonds is 7. The summed E-state index contributed by atoms with van der Waals surface area (Å²) >= 11 is 0. The molecule has 6 nitrogen and oxygen atoms in total. The lowest BCUT2D eigenvalue weighted by atomic mass is 10.1. The molecule has 3 rings (SSSR count). The van der Waals surface area contributed by atoms with E-state index in [2.05, 4.69) is 10.2 Å². The molecule has 0 radical (unpaired) electrons. The summed E-state index contributed by atoms with van der Waals surface area (Å²) in [6, 6.07) is 9.19. The summed E-state index contributed by atoms with van der Waals surface area (Å²) in [4.78, 5) is 14.8. The zero-order valence-corrected chi connectivity index (χ0v) is 16.2. The van der Waals surface area contributed by atoms with Crippen LogP contribution in [0.25, 0.3) is 0 Å². The third-order valence-corrected chi connectivity index (χ3v) is 4.35. The fraction of sp³-hybridized carbons (Fsp3) is 0.381. The standard InChI is InChI=1S/C21H25FN2O4/c1-3-27-19-14-18(24-8-10-26-11-9-24)20(28-4-2)13-17(19)23-21(25)15-6-5-7-16(22)12-15/h5-7,12-14H,3-4,8-11H2,1-2H3,(H,23,25). The van der Waals surface area contributed by atoms with Crippen molar-refractivity contribution in [1.82, 2.24) is 0 Å². The zero-order valence-electron chi connectivity index (χ0n) is 16.2. The Labute approximate surface area is 164 Å². The zero-order chi connectivity index (χ0) is 19.9. The fourth-order valence-electron chi connectivity index (χ4n) is 3.07. The summed E-state index contributed by atoms with van der Waals surface area (Å²) in [5.41, 5.74) is 1.62. The maximum Gasteiger partial charge on any atom is 0.255 e. The molecule has 7 heteroatoms. The van der Waals surface area contributed by atoms with E-state index in [1.807, 2.05) is 19.9 Å². The van der Waals surface area contributed by atoms with Gasteiger partial charge < -0.3 is 24.4 Å². The van der Waals surface area contributed by atoms with Crippen molar-refractivity contribution in [2.75, 3.05) is 49.7 Å². The van der Waals surface area contributed by atoms with E-state index >= 15 is 0 Å². The maximum atomic E-state index is 13.4. The van der Waals surface area contributed by atoms with Crippen LogP contribution in [0, 0.1) is 5.82 Å². The number of nitrogens with one attached hydrogen (secondary N) is 1. The summed E-state index contributed by atoms with van der Waals surface area (Å²) in [7, 11) is 0. The average molecular weight is 388 g/mol. The van der Waals surface area contributed by atoms with Crippen molar-refractivity contribution in [3.63, 3.8) is 0 Å². The van der Waals surface area contributed by atoms with Gasteiger partial charge in [0.05, 0.1) is 37.8 Å². The van der Waals surface area contributed by atoms with Gasteiger partial charge in [-0.2, -0.15) is 0 Å². The van der Waals surface area contributed by atoms with E-state index in [1.165, 1.54) is 18.2 Å². The van der Waals surface area contributed by atoms with E-state index in [-0.39, 0.29) is 5.56 Å². The number of benzene rings is 2. The Morgan fingerprint density at radius 1 is 1.11 bits per heavy atom. The summed E-state index contributed by atoms with van der Waals surface area (Å²) in [6.45, 7) is 7.51. The molecule has 1 N–H and O–H groups in total. The van der Waals surface area contributed by atoms with Crippen molar-refractivity contribution in [3.05, 3.63) is 47.8 Å². The second kappa shape index (κ2) is 9.41. The Balaban J connectivity index is 1.94. The van der Waals surface area contributed by atoms with Crippen LogP contribution in [0.2, 0.25) is 0 Å². The molecule has 2 aromatic rings. The molecule has 28 heavy (non-hydrogen) atoms. The number of carbonyl (C=O) groups is 1. The van der Waals surface area contributed by atoms with Gasteiger partial charge in [-0.3, -0.25) is 4.79 Å². The fourth-order valence-corrected chi connectivity index (χ4v) is 3.07. The largest absolute Gasteiger partial charge is 0.492 e. The number of amides is 1. The minimum Gasteiger partial charge on any atom is -0.492 e. The number of hydrogen-bond acceptors (Lipinski definition) is 5. The Bertz CT molecular complexity index is 822. The third kappa shape index (κ3) is 4.72. The first-order chi connectivity index (χ1) is 13.6. The lowest BCUT2D eigenvalue weighted by Gasteiger charge is -2.31. The molecule has 0 aliphatic carbocycles. The molecule has 0 aromatic heterocycles. The number of ether oxygens (including phenoxy) is 3. The van der Waals surface area contributed by atoms with Crippen LogP contribution in [-0.2, 0) is 4.74 Å². The van der Waals surface area contributed by atoms with Gasteiger partial charge in [-0.1, -0.05) is 6.07 Å². The number of anilines is 2. The Hall–Kier alpha value is -2.80. The molecule has 2 aromatic carbocycles. The minimum atomic E-state index is -0.463. The smallest absolute Gasteiger partial charge is 0.255 e. The van der Waals surface area contributed by atoms with Crippen LogP contribution in [0.5, 0.6) is 11.5 Å². The molecular formula is C21H25FN2O4. The first-order valence-corrected chi connectivity index (χ1v) is 9.45. The van der Waals surface area contributed by atoms with Crippen LogP contribution in [0.15, 0.2) is 36.4 Å². The van der Waals surface area contributed by atoms with E-state index < -0.39 is 11.7 Å². The quantitative estimate of drug-likeness (QED) is 0.784. The predicted octanol–water partition coefficient (Wildman–Crippen LogP) is 3.71. The molecular weight excluding hydrogens is 363 g/mol. The second-order valence-electron chi connectivity index (χ2n) is 6.25. The minimum absolute atomic E-state index is 0.234. The van der Waals surface area contributed by atoms with Crippen LogP contribution in [0.1, 0.15) is 24.2 Å². The van der Waals surface area contributed by atoms with Crippen LogP contribution in [0.4, 0.5) is 15.8 Å². The summed E-state index contributed by atoms with van der Waals surface area (Å²) < 4.78 is 30.5. The number of nitrogens with zero attached hydrogens (tertiary/aromatic N) is 1. The van der Waals surface area contributed by atoms with Crippen LogP contribution in [-0.4, -0.2) is 45.4 Å². The summed E-state index contributed by atoms with van der Waals surface area (Å²) in [6.07, 6.45) is 0. The first kappa shape index (κ1) is 19.9. The van der Waals surface area contributed by atoms with Gasteiger partial charge in [0.1, 0.15) is 17.3 Å². The molecule has 0 spiro atoms. The third-order valence-electron chi connectivity index (χ3n) is 4.35. The van der Waals surface area contributed by atoms with Gasteiger partial charge in [-0.05, 0) is 32.0 Å². The Morgan fingerprint density at radius 3 is 2.50 bits per heavy atom. The normalized spacial score (nSPS) is 13.9. The van der Waals surface area contributed by atoms with Gasteiger partial charge in [0.2, 0.25) is 0 Å². The van der Waals surface area contributed by atoms with Crippen molar-refractivity contribution >= 4 is 17.3 Å². The van der Waals surface area contributed by atoms with Crippen LogP contribution >= 0.6 is 0 Å². The highest BCUT2D eigenvalue weighted by Crippen LogP contribution is 2.39. The van der Waals surface area contributed by atoms with Gasteiger partial charge in [-0.25, -0.2) is 4.39 Å². The number of halogens is 1. The Morgan fingerprint density at radius 2 is 1.82 bits per heavy atom. The first-order valence-electron chi connectivity index (χ1n) is 9.45. The van der Waals surface area contributed by atoms with Crippen molar-refractivity contribution in [1.29, 1.82) is 0 Å². The summed E-state index contributed by atoms with van der Waals surface area (Å²) in [5.74, 6) is 0.317. The molecule has 1 heterocycles. The van der Waals surface area contributed by atoms with Crippen molar-refractivity contribution in [2.45, 2.75) is 13.8 Å². The molecule has 1 aliphatic rings. The predicted molar refractivity (Wildman–Crippen MR) is 106 cm³/mol. The van der Waals surface area contributed by atoms with Crippen molar-refractivity contribution in [2.24, 2.45) is 0 Å². The molecule has 0 bridgehead atoms. The number of morpholine rings is 1. The van der Waals surface area contributed by atoms with Gasteiger partial charge in [-0.15, -0.1) is 0 Å². The van der Waals surface area contributed by atoms with Gasteiger partial charge in [0.25, 0.3) is 5.91 Å². The van der Waals surface area contributed by atoms with Crippen molar-refractivity contribution in [3.8, 4) is 11.5 Å². The van der Waals surface area contributed by atoms with E-state index in [0.29, 0.717) is 43.6 Å². The van der Waals surface area contributed by atoms with E-state index in [9.17, 15) is 9.18 Å². The Kier molecular flexibility index (Phi) is 6.71. The molecule has 1 fully saturated rings. The van der Waals surface area contributed by atoms with Gasteiger partial charge in [0, 0.05) is 30.8 Å². The molecule has 0 atom stereocenters. The van der Waals surface area contributed by atoms with Gasteiger partial charge in [0.15, 0.2) is 0 Å². The SMILES string of the molecule is CCOc1cc(N2CCOCC2)c(OCC)cc1NC(=O)c1cccc(F)c1. The number of hydrogen-bond donors (Lipinski definition) is 1. The van der Waals surface area contributed by atoms with Crippen LogP contribution in [0.3, 0.4) is 0 Å². The van der Waals surface area contributed by atoms with Crippen LogP contribution < -0.4 is 19.7 Å². The van der Waals surface area contributed by atoms with E-state index in [4.69, 9.17) is 14.2 Å². The van der Waals surface area contributed by atoms with Gasteiger partial charge >= 0.3 is 0 Å². The summed E-state index contributed by atoms with van der Waals surface area (Å²) in [5, 5.41) is 2.81. The molecule has 1 aliphatic heterocycles. The lowest BCUT2D eigenvalue weighted by Crippen LogP contribution is -2.36. The second-order valence-corrected chi connectivity index (χ2v) is 6.25.